The molecule has 2 rings (SSSR count). The van der Waals surface area contributed by atoms with E-state index >= 15 is 0 Å². The Hall–Kier alpha value is -1.38. The Balaban J connectivity index is 1.92. The van der Waals surface area contributed by atoms with Gasteiger partial charge < -0.3 is 5.32 Å². The summed E-state index contributed by atoms with van der Waals surface area (Å²) in [4.78, 5) is 13.4. The number of Topliss-reactive ketones (excluding diaryl/α,β-unsaturated/α-hetero) is 1. The Kier molecular flexibility index (Phi) is 16.0. The molecular formula is C38H66FNO. The van der Waals surface area contributed by atoms with E-state index in [2.05, 4.69) is 66.4 Å². The van der Waals surface area contributed by atoms with Crippen LogP contribution >= 0.6 is 0 Å². The molecule has 1 fully saturated rings. The SMILES string of the molecule is C=C1NC(C(C)(C)CCC(=O)CC(CCC)[C@H](CC)CCCCC(CC)CCC)=C(C)C=C1CC1CCC(F)CC1. The molecule has 41 heavy (non-hydrogen) atoms. The van der Waals surface area contributed by atoms with Gasteiger partial charge >= 0.3 is 0 Å². The van der Waals surface area contributed by atoms with Gasteiger partial charge in [0.25, 0.3) is 0 Å². The topological polar surface area (TPSA) is 29.1 Å². The van der Waals surface area contributed by atoms with Crippen LogP contribution in [0.15, 0.2) is 35.2 Å². The minimum atomic E-state index is -0.608. The van der Waals surface area contributed by atoms with Gasteiger partial charge in [-0.15, -0.1) is 0 Å². The number of carbonyl (C=O) groups is 1. The van der Waals surface area contributed by atoms with Gasteiger partial charge in [0.15, 0.2) is 0 Å². The van der Waals surface area contributed by atoms with E-state index in [0.29, 0.717) is 42.8 Å². The average molecular weight is 572 g/mol. The monoisotopic (exact) mass is 572 g/mol. The lowest BCUT2D eigenvalue weighted by Crippen LogP contribution is -2.31. The lowest BCUT2D eigenvalue weighted by Gasteiger charge is -2.35. The fourth-order valence-corrected chi connectivity index (χ4v) is 7.69. The molecule has 0 radical (unpaired) electrons. The van der Waals surface area contributed by atoms with Crippen molar-refractivity contribution in [3.8, 4) is 0 Å². The third-order valence-corrected chi connectivity index (χ3v) is 10.5. The van der Waals surface area contributed by atoms with Crippen LogP contribution in [0.5, 0.6) is 0 Å². The first-order valence-corrected chi connectivity index (χ1v) is 17.6. The van der Waals surface area contributed by atoms with E-state index < -0.39 is 6.17 Å². The van der Waals surface area contributed by atoms with Crippen LogP contribution in [0.4, 0.5) is 4.39 Å². The molecule has 0 amide bonds. The number of hydrogen-bond donors (Lipinski definition) is 1. The van der Waals surface area contributed by atoms with Gasteiger partial charge in [-0.2, -0.15) is 0 Å². The second-order valence-electron chi connectivity index (χ2n) is 14.3. The molecule has 0 aromatic rings. The molecule has 0 bridgehead atoms. The van der Waals surface area contributed by atoms with Crippen LogP contribution in [-0.4, -0.2) is 12.0 Å². The van der Waals surface area contributed by atoms with Crippen molar-refractivity contribution in [1.82, 2.24) is 5.32 Å². The molecule has 3 heteroatoms. The van der Waals surface area contributed by atoms with Gasteiger partial charge in [0.1, 0.15) is 12.0 Å². The molecule has 1 heterocycles. The number of unbranched alkanes of at least 4 members (excludes halogenated alkanes) is 1. The fraction of sp³-hybridized carbons (Fsp3) is 0.816. The zero-order valence-electron chi connectivity index (χ0n) is 28.2. The predicted octanol–water partition coefficient (Wildman–Crippen LogP) is 11.8. The van der Waals surface area contributed by atoms with Crippen LogP contribution in [0.2, 0.25) is 0 Å². The highest BCUT2D eigenvalue weighted by Gasteiger charge is 2.31. The van der Waals surface area contributed by atoms with Gasteiger partial charge in [0, 0.05) is 29.7 Å². The first-order chi connectivity index (χ1) is 19.5. The summed E-state index contributed by atoms with van der Waals surface area (Å²) in [5, 5.41) is 3.65. The fourth-order valence-electron chi connectivity index (χ4n) is 7.69. The number of rotatable bonds is 20. The molecule has 0 spiro atoms. The highest BCUT2D eigenvalue weighted by molar-refractivity contribution is 5.78. The number of allylic oxidation sites excluding steroid dienone is 4. The normalized spacial score (nSPS) is 22.2. The van der Waals surface area contributed by atoms with Gasteiger partial charge in [-0.3, -0.25) is 4.79 Å². The van der Waals surface area contributed by atoms with E-state index in [1.165, 1.54) is 74.6 Å². The van der Waals surface area contributed by atoms with E-state index in [-0.39, 0.29) is 5.41 Å². The number of dihydropyridines is 1. The molecule has 2 aliphatic rings. The summed E-state index contributed by atoms with van der Waals surface area (Å²) in [6, 6.07) is 0. The summed E-state index contributed by atoms with van der Waals surface area (Å²) in [6.45, 7) is 20.3. The zero-order valence-corrected chi connectivity index (χ0v) is 28.2. The van der Waals surface area contributed by atoms with Crippen LogP contribution < -0.4 is 5.32 Å². The van der Waals surface area contributed by atoms with Crippen LogP contribution in [0.25, 0.3) is 0 Å². The van der Waals surface area contributed by atoms with E-state index in [1.807, 2.05) is 0 Å². The molecule has 1 aliphatic heterocycles. The molecule has 236 valence electrons. The van der Waals surface area contributed by atoms with Gasteiger partial charge in [-0.1, -0.05) is 118 Å². The average Bonchev–Trinajstić information content (AvgIpc) is 2.94. The maximum Gasteiger partial charge on any atom is 0.133 e. The van der Waals surface area contributed by atoms with Gasteiger partial charge in [0.2, 0.25) is 0 Å². The van der Waals surface area contributed by atoms with Crippen LogP contribution in [-0.2, 0) is 4.79 Å². The maximum atomic E-state index is 13.6. The standard InChI is InChI=1S/C38H66FNO/c1-9-15-30(11-3)17-13-14-18-32(12-4)33(16-10-2)27-36(41)23-24-38(7,8)37-28(5)25-34(29(6)40-37)26-31-19-21-35(39)22-20-31/h25,30-33,35,40H,6,9-24,26-27H2,1-5,7-8H3/t30?,31?,32-,33?,35?/m1/s1. The van der Waals surface area contributed by atoms with Crippen molar-refractivity contribution in [2.75, 3.05) is 0 Å². The van der Waals surface area contributed by atoms with Gasteiger partial charge in [0.05, 0.1) is 0 Å². The molecule has 3 atom stereocenters. The molecule has 0 aromatic heterocycles. The Labute approximate surface area is 254 Å². The largest absolute Gasteiger partial charge is 0.358 e. The van der Waals surface area contributed by atoms with Crippen molar-refractivity contribution in [3.05, 3.63) is 35.2 Å². The quantitative estimate of drug-likeness (QED) is 0.147. The Morgan fingerprint density at radius 1 is 0.976 bits per heavy atom. The van der Waals surface area contributed by atoms with Crippen molar-refractivity contribution in [3.63, 3.8) is 0 Å². The third kappa shape index (κ3) is 12.0. The molecule has 1 saturated carbocycles. The van der Waals surface area contributed by atoms with Crippen LogP contribution in [0.1, 0.15) is 164 Å². The summed E-state index contributed by atoms with van der Waals surface area (Å²) in [5.41, 5.74) is 4.60. The lowest BCUT2D eigenvalue weighted by atomic mass is 9.76. The minimum absolute atomic E-state index is 0.115. The number of ketones is 1. The summed E-state index contributed by atoms with van der Waals surface area (Å²) >= 11 is 0. The molecular weight excluding hydrogens is 505 g/mol. The molecule has 0 saturated heterocycles. The summed E-state index contributed by atoms with van der Waals surface area (Å²) in [7, 11) is 0. The van der Waals surface area contributed by atoms with Crippen LogP contribution in [0, 0.1) is 29.1 Å². The Morgan fingerprint density at radius 3 is 2.24 bits per heavy atom. The van der Waals surface area contributed by atoms with Crippen LogP contribution in [0.3, 0.4) is 0 Å². The first-order valence-electron chi connectivity index (χ1n) is 17.6. The van der Waals surface area contributed by atoms with E-state index in [1.54, 1.807) is 0 Å². The van der Waals surface area contributed by atoms with Crippen molar-refractivity contribution in [2.45, 2.75) is 170 Å². The summed E-state index contributed by atoms with van der Waals surface area (Å²) in [6.07, 6.45) is 21.1. The summed E-state index contributed by atoms with van der Waals surface area (Å²) in [5.74, 6) is 3.11. The van der Waals surface area contributed by atoms with E-state index in [4.69, 9.17) is 0 Å². The van der Waals surface area contributed by atoms with Gasteiger partial charge in [-0.05, 0) is 80.3 Å². The number of alkyl halides is 1. The summed E-state index contributed by atoms with van der Waals surface area (Å²) < 4.78 is 13.6. The zero-order chi connectivity index (χ0) is 30.4. The van der Waals surface area contributed by atoms with E-state index in [0.717, 1.165) is 50.1 Å². The smallest absolute Gasteiger partial charge is 0.133 e. The first kappa shape index (κ1) is 35.8. The Bertz CT molecular complexity index is 860. The number of carbonyl (C=O) groups excluding carboxylic acids is 1. The maximum absolute atomic E-state index is 13.6. The highest BCUT2D eigenvalue weighted by Crippen LogP contribution is 2.39. The lowest BCUT2D eigenvalue weighted by molar-refractivity contribution is -0.121. The highest BCUT2D eigenvalue weighted by atomic mass is 19.1. The number of halogens is 1. The second kappa shape index (κ2) is 18.3. The van der Waals surface area contributed by atoms with E-state index in [9.17, 15) is 9.18 Å². The number of hydrogen-bond acceptors (Lipinski definition) is 2. The molecule has 1 aliphatic carbocycles. The molecule has 2 nitrogen and oxygen atoms in total. The predicted molar refractivity (Wildman–Crippen MR) is 177 cm³/mol. The number of nitrogens with one attached hydrogen (secondary N) is 1. The van der Waals surface area contributed by atoms with Crippen molar-refractivity contribution >= 4 is 5.78 Å². The second-order valence-corrected chi connectivity index (χ2v) is 14.3. The van der Waals surface area contributed by atoms with Crippen molar-refractivity contribution < 1.29 is 9.18 Å². The third-order valence-electron chi connectivity index (χ3n) is 10.5. The molecule has 2 unspecified atom stereocenters. The van der Waals surface area contributed by atoms with Crippen molar-refractivity contribution in [2.24, 2.45) is 29.1 Å². The van der Waals surface area contributed by atoms with Crippen molar-refractivity contribution in [1.29, 1.82) is 0 Å². The van der Waals surface area contributed by atoms with Gasteiger partial charge in [-0.25, -0.2) is 4.39 Å². The molecule has 1 N–H and O–H groups in total. The Morgan fingerprint density at radius 2 is 1.63 bits per heavy atom. The minimum Gasteiger partial charge on any atom is -0.358 e. The molecule has 0 aromatic carbocycles.